The Hall–Kier alpha value is 0.110. The average molecular weight is 214 g/mol. The number of fused-ring (bicyclic) bond motifs is 2. The molecular weight excluding hydrogens is 196 g/mol. The largest absolute Gasteiger partial charge is 0.390 e. The van der Waals surface area contributed by atoms with Gasteiger partial charge in [-0.1, -0.05) is 6.42 Å². The minimum atomic E-state index is -0.631. The fraction of sp³-hybridized carbons (Fsp3) is 1.00. The first-order valence-electron chi connectivity index (χ1n) is 5.81. The summed E-state index contributed by atoms with van der Waals surface area (Å²) in [7, 11) is -0.631. The summed E-state index contributed by atoms with van der Waals surface area (Å²) in [6, 6.07) is 0. The number of hydrogen-bond acceptors (Lipinski definition) is 2. The van der Waals surface area contributed by atoms with Crippen molar-refractivity contribution in [1.82, 2.24) is 0 Å². The Morgan fingerprint density at radius 2 is 1.64 bits per heavy atom. The molecule has 80 valence electrons. The Bertz CT molecular complexity index is 256. The zero-order chi connectivity index (χ0) is 9.76. The van der Waals surface area contributed by atoms with Crippen LogP contribution in [-0.4, -0.2) is 25.4 Å². The van der Waals surface area contributed by atoms with Crippen LogP contribution in [0.15, 0.2) is 0 Å². The average Bonchev–Trinajstić information content (AvgIpc) is 2.90. The first-order valence-corrected chi connectivity index (χ1v) is 7.08. The van der Waals surface area contributed by atoms with Crippen LogP contribution in [0.4, 0.5) is 0 Å². The molecule has 2 aliphatic heterocycles. The lowest BCUT2D eigenvalue weighted by molar-refractivity contribution is -0.00996. The molecule has 2 saturated heterocycles. The summed E-state index contributed by atoms with van der Waals surface area (Å²) < 4.78 is 11.9. The summed E-state index contributed by atoms with van der Waals surface area (Å²) in [4.78, 5) is 0. The third kappa shape index (κ3) is 1.36. The molecule has 1 N–H and O–H groups in total. The summed E-state index contributed by atoms with van der Waals surface area (Å²) >= 11 is 0. The van der Waals surface area contributed by atoms with Crippen LogP contribution in [0, 0.1) is 5.92 Å². The topological polar surface area (TPSA) is 37.3 Å². The summed E-state index contributed by atoms with van der Waals surface area (Å²) in [6.45, 7) is 0. The summed E-state index contributed by atoms with van der Waals surface area (Å²) in [5, 5.41) is 11.1. The van der Waals surface area contributed by atoms with Crippen LogP contribution >= 0.6 is 0 Å². The van der Waals surface area contributed by atoms with Gasteiger partial charge in [-0.05, 0) is 44.4 Å². The van der Waals surface area contributed by atoms with Crippen LogP contribution < -0.4 is 0 Å². The van der Waals surface area contributed by atoms with Crippen molar-refractivity contribution >= 4 is 10.8 Å². The molecule has 0 spiro atoms. The second kappa shape index (κ2) is 3.05. The monoisotopic (exact) mass is 214 g/mol. The summed E-state index contributed by atoms with van der Waals surface area (Å²) in [6.07, 6.45) is 7.42. The van der Waals surface area contributed by atoms with E-state index >= 15 is 0 Å². The molecule has 0 amide bonds. The lowest BCUT2D eigenvalue weighted by atomic mass is 9.82. The van der Waals surface area contributed by atoms with Gasteiger partial charge in [0.15, 0.2) is 0 Å². The molecule has 0 radical (unpaired) electrons. The number of hydrogen-bond donors (Lipinski definition) is 1. The summed E-state index contributed by atoms with van der Waals surface area (Å²) in [5.74, 6) is 0.544. The van der Waals surface area contributed by atoms with Crippen molar-refractivity contribution in [2.75, 3.05) is 0 Å². The molecule has 0 aromatic carbocycles. The van der Waals surface area contributed by atoms with E-state index in [1.807, 2.05) is 0 Å². The standard InChI is InChI=1S/C11H18O2S/c12-11(8-4-5-8)6-9-2-1-3-10(7-11)14(9)13/h8-10,12H,1-7H2. The normalized spacial score (nSPS) is 53.1. The van der Waals surface area contributed by atoms with Crippen molar-refractivity contribution in [3.05, 3.63) is 0 Å². The van der Waals surface area contributed by atoms with Gasteiger partial charge < -0.3 is 5.11 Å². The van der Waals surface area contributed by atoms with Gasteiger partial charge in [-0.25, -0.2) is 0 Å². The van der Waals surface area contributed by atoms with E-state index in [0.717, 1.165) is 25.7 Å². The van der Waals surface area contributed by atoms with E-state index < -0.39 is 16.4 Å². The molecule has 1 saturated carbocycles. The molecule has 0 aromatic heterocycles. The maximum Gasteiger partial charge on any atom is 0.0698 e. The lowest BCUT2D eigenvalue weighted by Gasteiger charge is -2.43. The van der Waals surface area contributed by atoms with E-state index in [2.05, 4.69) is 0 Å². The fourth-order valence-corrected chi connectivity index (χ4v) is 5.52. The SMILES string of the molecule is O=S1C2CCCC1CC(O)(C1CC1)C2. The van der Waals surface area contributed by atoms with Gasteiger partial charge in [0.05, 0.1) is 5.60 Å². The number of aliphatic hydroxyl groups is 1. The molecule has 3 rings (SSSR count). The molecule has 2 atom stereocenters. The molecule has 0 aromatic rings. The maximum atomic E-state index is 11.9. The van der Waals surface area contributed by atoms with E-state index in [9.17, 15) is 9.32 Å². The van der Waals surface area contributed by atoms with Crippen LogP contribution in [0.2, 0.25) is 0 Å². The Labute approximate surface area is 87.5 Å². The Morgan fingerprint density at radius 1 is 1.07 bits per heavy atom. The summed E-state index contributed by atoms with van der Waals surface area (Å²) in [5.41, 5.74) is -0.427. The van der Waals surface area contributed by atoms with Crippen molar-refractivity contribution in [3.63, 3.8) is 0 Å². The van der Waals surface area contributed by atoms with Gasteiger partial charge >= 0.3 is 0 Å². The molecule has 1 aliphatic carbocycles. The predicted molar refractivity (Wildman–Crippen MR) is 56.5 cm³/mol. The minimum absolute atomic E-state index is 0.313. The molecule has 3 fully saturated rings. The third-order valence-electron chi connectivity index (χ3n) is 4.21. The minimum Gasteiger partial charge on any atom is -0.390 e. The van der Waals surface area contributed by atoms with Crippen LogP contribution in [-0.2, 0) is 10.8 Å². The predicted octanol–water partition coefficient (Wildman–Crippen LogP) is 1.59. The van der Waals surface area contributed by atoms with Crippen molar-refractivity contribution in [3.8, 4) is 0 Å². The van der Waals surface area contributed by atoms with Gasteiger partial charge in [-0.2, -0.15) is 0 Å². The smallest absolute Gasteiger partial charge is 0.0698 e. The van der Waals surface area contributed by atoms with Crippen LogP contribution in [0.1, 0.15) is 44.9 Å². The van der Waals surface area contributed by atoms with Gasteiger partial charge in [0, 0.05) is 21.3 Å². The molecule has 2 heterocycles. The van der Waals surface area contributed by atoms with Gasteiger partial charge in [-0.3, -0.25) is 4.21 Å². The van der Waals surface area contributed by atoms with Gasteiger partial charge in [0.1, 0.15) is 0 Å². The molecule has 2 bridgehead atoms. The zero-order valence-corrected chi connectivity index (χ0v) is 9.26. The quantitative estimate of drug-likeness (QED) is 0.719. The highest BCUT2D eigenvalue weighted by Gasteiger charge is 2.52. The van der Waals surface area contributed by atoms with E-state index in [1.165, 1.54) is 19.3 Å². The maximum absolute atomic E-state index is 11.9. The van der Waals surface area contributed by atoms with Crippen molar-refractivity contribution in [1.29, 1.82) is 0 Å². The molecule has 2 nitrogen and oxygen atoms in total. The van der Waals surface area contributed by atoms with E-state index in [4.69, 9.17) is 0 Å². The zero-order valence-electron chi connectivity index (χ0n) is 8.45. The van der Waals surface area contributed by atoms with Crippen molar-refractivity contribution < 1.29 is 9.32 Å². The van der Waals surface area contributed by atoms with E-state index in [-0.39, 0.29) is 0 Å². The Morgan fingerprint density at radius 3 is 2.14 bits per heavy atom. The highest BCUT2D eigenvalue weighted by molar-refractivity contribution is 7.86. The van der Waals surface area contributed by atoms with Gasteiger partial charge in [-0.15, -0.1) is 0 Å². The second-order valence-electron chi connectivity index (χ2n) is 5.29. The third-order valence-corrected chi connectivity index (χ3v) is 6.33. The fourth-order valence-electron chi connectivity index (χ4n) is 3.27. The highest BCUT2D eigenvalue weighted by Crippen LogP contribution is 2.50. The van der Waals surface area contributed by atoms with Crippen LogP contribution in [0.25, 0.3) is 0 Å². The van der Waals surface area contributed by atoms with Crippen LogP contribution in [0.5, 0.6) is 0 Å². The Balaban J connectivity index is 1.83. The Kier molecular flexibility index (Phi) is 2.04. The van der Waals surface area contributed by atoms with Crippen molar-refractivity contribution in [2.45, 2.75) is 61.0 Å². The second-order valence-corrected chi connectivity index (χ2v) is 7.28. The van der Waals surface area contributed by atoms with Crippen LogP contribution in [0.3, 0.4) is 0 Å². The molecule has 3 heteroatoms. The van der Waals surface area contributed by atoms with E-state index in [0.29, 0.717) is 16.4 Å². The van der Waals surface area contributed by atoms with Crippen molar-refractivity contribution in [2.24, 2.45) is 5.92 Å². The van der Waals surface area contributed by atoms with Gasteiger partial charge in [0.2, 0.25) is 0 Å². The van der Waals surface area contributed by atoms with E-state index in [1.54, 1.807) is 0 Å². The van der Waals surface area contributed by atoms with Gasteiger partial charge in [0.25, 0.3) is 0 Å². The number of rotatable bonds is 1. The first-order chi connectivity index (χ1) is 6.69. The molecule has 2 unspecified atom stereocenters. The molecule has 3 aliphatic rings. The highest BCUT2D eigenvalue weighted by atomic mass is 32.2. The first kappa shape index (κ1) is 9.34. The molecular formula is C11H18O2S. The lowest BCUT2D eigenvalue weighted by Crippen LogP contribution is -2.50. The molecule has 14 heavy (non-hydrogen) atoms.